The molecule has 22 heavy (non-hydrogen) atoms. The summed E-state index contributed by atoms with van der Waals surface area (Å²) in [4.78, 5) is 8.09. The molecule has 0 fully saturated rings. The quantitative estimate of drug-likeness (QED) is 0.240. The van der Waals surface area contributed by atoms with Crippen LogP contribution in [-0.2, 0) is 11.3 Å². The van der Waals surface area contributed by atoms with Gasteiger partial charge in [-0.3, -0.25) is 5.73 Å². The molecule has 2 aromatic heterocycles. The number of rotatable bonds is 4. The molecule has 0 radical (unpaired) electrons. The molecule has 0 aliphatic heterocycles. The molecule has 0 bridgehead atoms. The van der Waals surface area contributed by atoms with E-state index in [1.54, 1.807) is 17.5 Å². The zero-order valence-corrected chi connectivity index (χ0v) is 12.5. The molecule has 0 aliphatic rings. The molecule has 6 N–H and O–H groups in total. The number of methoxy groups -OCH3 is 1. The predicted molar refractivity (Wildman–Crippen MR) is 81.1 cm³/mol. The smallest absolute Gasteiger partial charge is 0.398 e. The van der Waals surface area contributed by atoms with Crippen molar-refractivity contribution in [2.45, 2.75) is 6.54 Å². The summed E-state index contributed by atoms with van der Waals surface area (Å²) in [5.74, 6) is 1.02. The first-order valence-corrected chi connectivity index (χ1v) is 6.89. The number of nitrogens with two attached hydrogens (primary N) is 3. The number of ether oxygens (including phenoxy) is 1. The number of hydrogen-bond donors (Lipinski definition) is 3. The molecular weight excluding hydrogens is 306 g/mol. The van der Waals surface area contributed by atoms with Crippen molar-refractivity contribution >= 4 is 28.4 Å². The molecule has 2 aromatic rings. The van der Waals surface area contributed by atoms with E-state index in [1.807, 2.05) is 6.19 Å². The second-order valence-corrected chi connectivity index (χ2v) is 4.88. The third kappa shape index (κ3) is 3.53. The first-order chi connectivity index (χ1) is 10.5. The molecule has 2 rings (SSSR count). The summed E-state index contributed by atoms with van der Waals surface area (Å²) < 4.78 is 11.6. The lowest BCUT2D eigenvalue weighted by atomic mass is 10.3. The molecule has 9 nitrogen and oxygen atoms in total. The van der Waals surface area contributed by atoms with Crippen molar-refractivity contribution in [2.75, 3.05) is 7.11 Å². The van der Waals surface area contributed by atoms with Crippen molar-refractivity contribution in [2.24, 2.45) is 22.2 Å². The van der Waals surface area contributed by atoms with Gasteiger partial charge >= 0.3 is 12.2 Å². The molecule has 0 unspecified atom stereocenters. The maximum atomic E-state index is 9.00. The van der Waals surface area contributed by atoms with Gasteiger partial charge in [0.25, 0.3) is 0 Å². The van der Waals surface area contributed by atoms with Gasteiger partial charge in [0.1, 0.15) is 18.0 Å². The number of amidine groups is 1. The van der Waals surface area contributed by atoms with E-state index in [0.29, 0.717) is 22.3 Å². The van der Waals surface area contributed by atoms with Crippen LogP contribution in [0.1, 0.15) is 5.76 Å². The topological polar surface area (TPSA) is 152 Å². The number of nitrogens with zero attached hydrogens (tertiary/aromatic N) is 4. The van der Waals surface area contributed by atoms with Crippen molar-refractivity contribution in [1.82, 2.24) is 4.98 Å². The van der Waals surface area contributed by atoms with Gasteiger partial charge in [0.05, 0.1) is 7.11 Å². The minimum absolute atomic E-state index is 0.0100. The summed E-state index contributed by atoms with van der Waals surface area (Å²) in [6.07, 6.45) is 1.90. The van der Waals surface area contributed by atoms with Crippen LogP contribution in [-0.4, -0.2) is 28.7 Å². The second-order valence-electron chi connectivity index (χ2n) is 4.05. The molecule has 0 atom stereocenters. The molecular formula is C12H14N7O2S+. The van der Waals surface area contributed by atoms with E-state index < -0.39 is 0 Å². The van der Waals surface area contributed by atoms with Crippen molar-refractivity contribution < 1.29 is 13.7 Å². The first kappa shape index (κ1) is 15.3. The van der Waals surface area contributed by atoms with Crippen LogP contribution in [0.5, 0.6) is 0 Å². The van der Waals surface area contributed by atoms with Gasteiger partial charge < -0.3 is 20.6 Å². The normalized spacial score (nSPS) is 11.5. The van der Waals surface area contributed by atoms with E-state index in [1.165, 1.54) is 18.4 Å². The molecule has 0 saturated heterocycles. The monoisotopic (exact) mass is 320 g/mol. The fraction of sp³-hybridized carbons (Fsp3) is 0.167. The fourth-order valence-corrected chi connectivity index (χ4v) is 2.26. The van der Waals surface area contributed by atoms with E-state index in [2.05, 4.69) is 9.98 Å². The van der Waals surface area contributed by atoms with Crippen molar-refractivity contribution in [3.8, 4) is 17.6 Å². The van der Waals surface area contributed by atoms with Crippen molar-refractivity contribution in [3.05, 3.63) is 23.3 Å². The SMILES string of the molecule is COC(N)=[N+](C#N)Cc1ccc(-c2csc(N=C(N)N)n2)o1. The summed E-state index contributed by atoms with van der Waals surface area (Å²) >= 11 is 1.28. The third-order valence-electron chi connectivity index (χ3n) is 2.54. The summed E-state index contributed by atoms with van der Waals surface area (Å²) in [5.41, 5.74) is 16.7. The number of furan rings is 1. The van der Waals surface area contributed by atoms with E-state index >= 15 is 0 Å². The van der Waals surface area contributed by atoms with Crippen LogP contribution in [0, 0.1) is 11.5 Å². The molecule has 114 valence electrons. The Balaban J connectivity index is 2.20. The van der Waals surface area contributed by atoms with Crippen molar-refractivity contribution in [1.29, 1.82) is 5.26 Å². The second kappa shape index (κ2) is 6.59. The number of aromatic nitrogens is 1. The third-order valence-corrected chi connectivity index (χ3v) is 3.28. The van der Waals surface area contributed by atoms with Gasteiger partial charge in [0, 0.05) is 10.6 Å². The highest BCUT2D eigenvalue weighted by atomic mass is 32.1. The molecule has 10 heteroatoms. The Hall–Kier alpha value is -3.06. The van der Waals surface area contributed by atoms with Crippen LogP contribution in [0.3, 0.4) is 0 Å². The lowest BCUT2D eigenvalue weighted by Gasteiger charge is -1.98. The summed E-state index contributed by atoms with van der Waals surface area (Å²) in [5, 5.41) is 11.2. The summed E-state index contributed by atoms with van der Waals surface area (Å²) in [6, 6.07) is 3.45. The molecule has 0 spiro atoms. The van der Waals surface area contributed by atoms with Crippen LogP contribution >= 0.6 is 11.3 Å². The molecule has 0 saturated carbocycles. The van der Waals surface area contributed by atoms with Crippen LogP contribution in [0.15, 0.2) is 26.9 Å². The Morgan fingerprint density at radius 3 is 2.91 bits per heavy atom. The minimum Gasteiger partial charge on any atom is -0.456 e. The Morgan fingerprint density at radius 1 is 1.50 bits per heavy atom. The molecule has 0 aromatic carbocycles. The predicted octanol–water partition coefficient (Wildman–Crippen LogP) is 0.263. The van der Waals surface area contributed by atoms with Crippen molar-refractivity contribution in [3.63, 3.8) is 0 Å². The standard InChI is InChI=1S/C12H13N7O2S/c1-20-11(16)19(6-13)4-7-2-3-9(21-7)8-5-22-12(17-8)18-10(14)15/h2-3,5,16H,4H2,1H3,(H4,14,15,17,18)/p+1. The number of guanidine groups is 1. The van der Waals surface area contributed by atoms with E-state index in [9.17, 15) is 0 Å². The fourth-order valence-electron chi connectivity index (χ4n) is 1.57. The van der Waals surface area contributed by atoms with Gasteiger partial charge in [-0.15, -0.1) is 15.9 Å². The largest absolute Gasteiger partial charge is 0.456 e. The number of hydrogen-bond acceptors (Lipinski definition) is 6. The van der Waals surface area contributed by atoms with E-state index in [0.717, 1.165) is 4.58 Å². The highest BCUT2D eigenvalue weighted by molar-refractivity contribution is 7.13. The van der Waals surface area contributed by atoms with Crippen LogP contribution in [0.25, 0.3) is 11.5 Å². The minimum atomic E-state index is -0.0590. The number of aliphatic imine (C=N–C) groups is 1. The average Bonchev–Trinajstić information content (AvgIpc) is 3.12. The van der Waals surface area contributed by atoms with Gasteiger partial charge in [0.15, 0.2) is 11.7 Å². The van der Waals surface area contributed by atoms with Gasteiger partial charge in [-0.1, -0.05) is 0 Å². The highest BCUT2D eigenvalue weighted by Crippen LogP contribution is 2.28. The van der Waals surface area contributed by atoms with Crippen LogP contribution in [0.4, 0.5) is 5.13 Å². The Labute approximate surface area is 129 Å². The van der Waals surface area contributed by atoms with Gasteiger partial charge in [0.2, 0.25) is 5.13 Å². The molecule has 0 aliphatic carbocycles. The Morgan fingerprint density at radius 2 is 2.27 bits per heavy atom. The summed E-state index contributed by atoms with van der Waals surface area (Å²) in [6.45, 7) is 0.154. The number of thiazole rings is 1. The lowest BCUT2D eigenvalue weighted by Crippen LogP contribution is -2.26. The Bertz CT molecular complexity index is 765. The first-order valence-electron chi connectivity index (χ1n) is 6.01. The lowest BCUT2D eigenvalue weighted by molar-refractivity contribution is -0.469. The number of nitriles is 1. The zero-order chi connectivity index (χ0) is 16.1. The highest BCUT2D eigenvalue weighted by Gasteiger charge is 2.13. The summed E-state index contributed by atoms with van der Waals surface area (Å²) in [7, 11) is 1.38. The van der Waals surface area contributed by atoms with Gasteiger partial charge in [-0.2, -0.15) is 4.99 Å². The van der Waals surface area contributed by atoms with Gasteiger partial charge in [-0.25, -0.2) is 4.98 Å². The maximum Gasteiger partial charge on any atom is 0.398 e. The molecule has 2 heterocycles. The van der Waals surface area contributed by atoms with Gasteiger partial charge in [-0.05, 0) is 12.1 Å². The maximum absolute atomic E-state index is 9.00. The zero-order valence-electron chi connectivity index (χ0n) is 11.7. The van der Waals surface area contributed by atoms with E-state index in [4.69, 9.17) is 31.6 Å². The van der Waals surface area contributed by atoms with Crippen LogP contribution in [0.2, 0.25) is 0 Å². The molecule has 0 amide bonds. The van der Waals surface area contributed by atoms with Crippen LogP contribution < -0.4 is 17.2 Å². The average molecular weight is 320 g/mol. The Kier molecular flexibility index (Phi) is 4.60. The van der Waals surface area contributed by atoms with E-state index in [-0.39, 0.29) is 18.5 Å².